The molecule has 154 valence electrons. The first-order valence-corrected chi connectivity index (χ1v) is 10.3. The van der Waals surface area contributed by atoms with Gasteiger partial charge in [0, 0.05) is 44.7 Å². The van der Waals surface area contributed by atoms with Gasteiger partial charge >= 0.3 is 6.09 Å². The van der Waals surface area contributed by atoms with Crippen LogP contribution in [0.2, 0.25) is 0 Å². The molecule has 29 heavy (non-hydrogen) atoms. The Kier molecular flexibility index (Phi) is 5.52. The van der Waals surface area contributed by atoms with Crippen LogP contribution < -0.4 is 20.0 Å². The van der Waals surface area contributed by atoms with Crippen molar-refractivity contribution in [2.24, 2.45) is 0 Å². The number of hydrogen-bond donors (Lipinski definition) is 1. The molecule has 1 aromatic carbocycles. The van der Waals surface area contributed by atoms with Crippen LogP contribution in [0.15, 0.2) is 29.8 Å². The number of nitrogens with one attached hydrogen (secondary N) is 1. The number of benzene rings is 1. The highest BCUT2D eigenvalue weighted by Gasteiger charge is 2.33. The standard InChI is InChI=1S/C19H22FN5O3S/c1-13(26)22-11-15-12-25(19(27)28-15)14-2-3-17(16(20)10-14)23-5-7-24(8-6-23)18-21-4-9-29-18/h2-4,9-10,15H,5-8,11-12H2,1H3,(H,22,26). The summed E-state index contributed by atoms with van der Waals surface area (Å²) in [6, 6.07) is 4.80. The number of rotatable bonds is 5. The monoisotopic (exact) mass is 419 g/mol. The predicted octanol–water partition coefficient (Wildman–Crippen LogP) is 2.07. The Morgan fingerprint density at radius 1 is 1.31 bits per heavy atom. The summed E-state index contributed by atoms with van der Waals surface area (Å²) in [5, 5.41) is 5.56. The Bertz CT molecular complexity index is 886. The highest BCUT2D eigenvalue weighted by molar-refractivity contribution is 7.13. The normalized spacial score (nSPS) is 19.4. The van der Waals surface area contributed by atoms with Crippen molar-refractivity contribution in [3.63, 3.8) is 0 Å². The average molecular weight is 419 g/mol. The first kappa shape index (κ1) is 19.4. The van der Waals surface area contributed by atoms with Gasteiger partial charge < -0.3 is 19.9 Å². The first-order valence-electron chi connectivity index (χ1n) is 9.43. The molecule has 1 unspecified atom stereocenters. The quantitative estimate of drug-likeness (QED) is 0.800. The fourth-order valence-corrected chi connectivity index (χ4v) is 4.22. The Morgan fingerprint density at radius 2 is 2.07 bits per heavy atom. The maximum atomic E-state index is 14.8. The van der Waals surface area contributed by atoms with Crippen LogP contribution >= 0.6 is 11.3 Å². The third kappa shape index (κ3) is 4.26. The summed E-state index contributed by atoms with van der Waals surface area (Å²) in [5.74, 6) is -0.562. The zero-order valence-corrected chi connectivity index (χ0v) is 16.8. The molecular weight excluding hydrogens is 397 g/mol. The second-order valence-corrected chi connectivity index (χ2v) is 7.85. The molecule has 1 atom stereocenters. The molecule has 2 saturated heterocycles. The number of carbonyl (C=O) groups is 2. The maximum absolute atomic E-state index is 14.8. The fourth-order valence-electron chi connectivity index (χ4n) is 3.53. The molecule has 0 aliphatic carbocycles. The molecule has 0 bridgehead atoms. The van der Waals surface area contributed by atoms with E-state index in [-0.39, 0.29) is 24.8 Å². The van der Waals surface area contributed by atoms with Crippen molar-refractivity contribution in [2.45, 2.75) is 13.0 Å². The molecule has 0 spiro atoms. The van der Waals surface area contributed by atoms with E-state index in [0.29, 0.717) is 24.5 Å². The molecule has 2 aliphatic rings. The molecule has 0 radical (unpaired) electrons. The third-order valence-electron chi connectivity index (χ3n) is 5.01. The van der Waals surface area contributed by atoms with Crippen LogP contribution in [0.1, 0.15) is 6.92 Å². The summed E-state index contributed by atoms with van der Waals surface area (Å²) in [6.45, 7) is 4.85. The topological polar surface area (TPSA) is 78.0 Å². The van der Waals surface area contributed by atoms with E-state index in [0.717, 1.165) is 18.2 Å². The average Bonchev–Trinajstić information content (AvgIpc) is 3.36. The van der Waals surface area contributed by atoms with Crippen molar-refractivity contribution in [1.29, 1.82) is 0 Å². The third-order valence-corrected chi connectivity index (χ3v) is 5.84. The molecule has 4 rings (SSSR count). The minimum Gasteiger partial charge on any atom is -0.442 e. The number of hydrogen-bond acceptors (Lipinski definition) is 7. The van der Waals surface area contributed by atoms with Crippen molar-refractivity contribution >= 4 is 39.8 Å². The van der Waals surface area contributed by atoms with E-state index in [1.54, 1.807) is 29.7 Å². The molecule has 3 heterocycles. The van der Waals surface area contributed by atoms with Crippen LogP contribution in [-0.4, -0.2) is 62.4 Å². The zero-order valence-electron chi connectivity index (χ0n) is 16.0. The number of cyclic esters (lactones) is 1. The van der Waals surface area contributed by atoms with Crippen molar-refractivity contribution < 1.29 is 18.7 Å². The summed E-state index contributed by atoms with van der Waals surface area (Å²) in [5.41, 5.74) is 0.970. The SMILES string of the molecule is CC(=O)NCC1CN(c2ccc(N3CCN(c4nccs4)CC3)c(F)c2)C(=O)O1. The summed E-state index contributed by atoms with van der Waals surface area (Å²) in [4.78, 5) is 33.1. The van der Waals surface area contributed by atoms with Crippen LogP contribution in [0.25, 0.3) is 0 Å². The smallest absolute Gasteiger partial charge is 0.414 e. The highest BCUT2D eigenvalue weighted by Crippen LogP contribution is 2.29. The van der Waals surface area contributed by atoms with Gasteiger partial charge in [-0.3, -0.25) is 9.69 Å². The lowest BCUT2D eigenvalue weighted by atomic mass is 10.2. The lowest BCUT2D eigenvalue weighted by molar-refractivity contribution is -0.119. The number of anilines is 3. The molecule has 2 amide bonds. The second-order valence-electron chi connectivity index (χ2n) is 6.98. The highest BCUT2D eigenvalue weighted by atomic mass is 32.1. The number of aromatic nitrogens is 1. The van der Waals surface area contributed by atoms with Gasteiger partial charge in [-0.25, -0.2) is 14.2 Å². The van der Waals surface area contributed by atoms with E-state index in [4.69, 9.17) is 4.74 Å². The molecule has 1 aromatic heterocycles. The molecule has 2 aromatic rings. The van der Waals surface area contributed by atoms with Gasteiger partial charge in [0.2, 0.25) is 5.91 Å². The van der Waals surface area contributed by atoms with Gasteiger partial charge in [0.15, 0.2) is 5.13 Å². The molecule has 10 heteroatoms. The van der Waals surface area contributed by atoms with Crippen LogP contribution in [0, 0.1) is 5.82 Å². The van der Waals surface area contributed by atoms with Gasteiger partial charge in [-0.1, -0.05) is 0 Å². The van der Waals surface area contributed by atoms with Crippen molar-refractivity contribution in [1.82, 2.24) is 10.3 Å². The lowest BCUT2D eigenvalue weighted by Crippen LogP contribution is -2.46. The maximum Gasteiger partial charge on any atom is 0.414 e. The van der Waals surface area contributed by atoms with Gasteiger partial charge in [0.1, 0.15) is 11.9 Å². The molecule has 1 N–H and O–H groups in total. The number of halogens is 1. The Balaban J connectivity index is 1.39. The Morgan fingerprint density at radius 3 is 2.72 bits per heavy atom. The number of carbonyl (C=O) groups excluding carboxylic acids is 2. The molecule has 0 saturated carbocycles. The molecule has 8 nitrogen and oxygen atoms in total. The minimum atomic E-state index is -0.537. The van der Waals surface area contributed by atoms with Crippen LogP contribution in [0.4, 0.5) is 25.7 Å². The van der Waals surface area contributed by atoms with Gasteiger partial charge in [-0.15, -0.1) is 11.3 Å². The van der Waals surface area contributed by atoms with E-state index in [9.17, 15) is 14.0 Å². The van der Waals surface area contributed by atoms with E-state index in [1.165, 1.54) is 17.9 Å². The zero-order chi connectivity index (χ0) is 20.4. The minimum absolute atomic E-state index is 0.190. The number of nitrogens with zero attached hydrogens (tertiary/aromatic N) is 4. The predicted molar refractivity (Wildman–Crippen MR) is 109 cm³/mol. The summed E-state index contributed by atoms with van der Waals surface area (Å²) >= 11 is 1.60. The largest absolute Gasteiger partial charge is 0.442 e. The number of ether oxygens (including phenoxy) is 1. The van der Waals surface area contributed by atoms with Gasteiger partial charge in [-0.2, -0.15) is 0 Å². The fraction of sp³-hybridized carbons (Fsp3) is 0.421. The number of thiazole rings is 1. The molecule has 2 aliphatic heterocycles. The Labute approximate surface area is 171 Å². The Hall–Kier alpha value is -2.88. The van der Waals surface area contributed by atoms with Crippen molar-refractivity contribution in [2.75, 3.05) is 54.0 Å². The van der Waals surface area contributed by atoms with E-state index in [2.05, 4.69) is 15.2 Å². The van der Waals surface area contributed by atoms with Gasteiger partial charge in [-0.05, 0) is 18.2 Å². The van der Waals surface area contributed by atoms with E-state index in [1.807, 2.05) is 10.3 Å². The number of piperazine rings is 1. The first-order chi connectivity index (χ1) is 14.0. The van der Waals surface area contributed by atoms with Crippen LogP contribution in [0.3, 0.4) is 0 Å². The van der Waals surface area contributed by atoms with Gasteiger partial charge in [0.25, 0.3) is 0 Å². The summed E-state index contributed by atoms with van der Waals surface area (Å²) in [7, 11) is 0. The second kappa shape index (κ2) is 8.24. The summed E-state index contributed by atoms with van der Waals surface area (Å²) < 4.78 is 20.1. The van der Waals surface area contributed by atoms with E-state index >= 15 is 0 Å². The van der Waals surface area contributed by atoms with Crippen molar-refractivity contribution in [3.05, 3.63) is 35.6 Å². The summed E-state index contributed by atoms with van der Waals surface area (Å²) in [6.07, 6.45) is 0.798. The van der Waals surface area contributed by atoms with Gasteiger partial charge in [0.05, 0.1) is 24.5 Å². The molecule has 2 fully saturated rings. The lowest BCUT2D eigenvalue weighted by Gasteiger charge is -2.36. The van der Waals surface area contributed by atoms with Crippen LogP contribution in [-0.2, 0) is 9.53 Å². The van der Waals surface area contributed by atoms with E-state index < -0.39 is 12.2 Å². The van der Waals surface area contributed by atoms with Crippen LogP contribution in [0.5, 0.6) is 0 Å². The van der Waals surface area contributed by atoms with Crippen molar-refractivity contribution in [3.8, 4) is 0 Å². The molecular formula is C19H22FN5O3S. The number of amides is 2.